The molecule has 0 fully saturated rings. The van der Waals surface area contributed by atoms with Gasteiger partial charge >= 0.3 is 5.69 Å². The summed E-state index contributed by atoms with van der Waals surface area (Å²) in [6, 6.07) is 21.3. The number of rotatable bonds is 9. The van der Waals surface area contributed by atoms with Crippen LogP contribution in [-0.4, -0.2) is 28.0 Å². The summed E-state index contributed by atoms with van der Waals surface area (Å²) < 4.78 is 14.3. The number of benzene rings is 3. The fourth-order valence-corrected chi connectivity index (χ4v) is 3.90. The highest BCUT2D eigenvalue weighted by Gasteiger charge is 2.13. The van der Waals surface area contributed by atoms with Crippen molar-refractivity contribution in [3.05, 3.63) is 93.9 Å². The normalized spacial score (nSPS) is 11.8. The minimum Gasteiger partial charge on any atom is -0.496 e. The largest absolute Gasteiger partial charge is 0.496 e. The molecule has 0 bridgehead atoms. The standard InChI is InChI=1S/C26H29N3O4.ClH/c1-28-22-13-10-19(14-23(22)29(2)26(28)31)24(30)17-33-21-11-8-18(9-12-21)15-27-16-20-6-4-5-7-25(20)32-3;/h4-14,24,27,30H,15-17H2,1-3H3;1H. The molecule has 4 rings (SSSR count). The molecule has 4 aromatic rings. The van der Waals surface area contributed by atoms with Crippen LogP contribution < -0.4 is 20.5 Å². The fourth-order valence-electron chi connectivity index (χ4n) is 3.90. The molecule has 180 valence electrons. The third kappa shape index (κ3) is 5.44. The second kappa shape index (κ2) is 11.2. The van der Waals surface area contributed by atoms with Crippen molar-refractivity contribution in [2.75, 3.05) is 13.7 Å². The van der Waals surface area contributed by atoms with Gasteiger partial charge in [-0.25, -0.2) is 4.79 Å². The van der Waals surface area contributed by atoms with Crippen molar-refractivity contribution in [3.63, 3.8) is 0 Å². The number of aliphatic hydroxyl groups is 1. The van der Waals surface area contributed by atoms with E-state index in [1.165, 1.54) is 0 Å². The van der Waals surface area contributed by atoms with Gasteiger partial charge in [-0.15, -0.1) is 12.4 Å². The lowest BCUT2D eigenvalue weighted by Crippen LogP contribution is -2.19. The van der Waals surface area contributed by atoms with E-state index in [9.17, 15) is 9.90 Å². The summed E-state index contributed by atoms with van der Waals surface area (Å²) >= 11 is 0. The minimum absolute atomic E-state index is 0. The number of hydrogen-bond acceptors (Lipinski definition) is 5. The lowest BCUT2D eigenvalue weighted by Gasteiger charge is -2.14. The summed E-state index contributed by atoms with van der Waals surface area (Å²) in [4.78, 5) is 12.1. The number of hydrogen-bond donors (Lipinski definition) is 2. The van der Waals surface area contributed by atoms with Gasteiger partial charge in [0.1, 0.15) is 24.2 Å². The van der Waals surface area contributed by atoms with Gasteiger partial charge in [-0.1, -0.05) is 36.4 Å². The van der Waals surface area contributed by atoms with Crippen LogP contribution in [0.15, 0.2) is 71.5 Å². The minimum atomic E-state index is -0.799. The average Bonchev–Trinajstić information content (AvgIpc) is 3.07. The molecular formula is C26H30ClN3O4. The van der Waals surface area contributed by atoms with E-state index in [4.69, 9.17) is 9.47 Å². The monoisotopic (exact) mass is 483 g/mol. The zero-order valence-electron chi connectivity index (χ0n) is 19.5. The third-order valence-corrected chi connectivity index (χ3v) is 5.85. The first-order valence-electron chi connectivity index (χ1n) is 10.9. The zero-order chi connectivity index (χ0) is 23.4. The molecular weight excluding hydrogens is 454 g/mol. The van der Waals surface area contributed by atoms with E-state index in [1.54, 1.807) is 30.3 Å². The molecule has 1 aromatic heterocycles. The van der Waals surface area contributed by atoms with Crippen molar-refractivity contribution < 1.29 is 14.6 Å². The van der Waals surface area contributed by atoms with Crippen LogP contribution in [0.3, 0.4) is 0 Å². The maximum atomic E-state index is 12.1. The highest BCUT2D eigenvalue weighted by Crippen LogP contribution is 2.21. The van der Waals surface area contributed by atoms with Crippen LogP contribution >= 0.6 is 12.4 Å². The molecule has 1 atom stereocenters. The van der Waals surface area contributed by atoms with Crippen molar-refractivity contribution in [1.29, 1.82) is 0 Å². The van der Waals surface area contributed by atoms with Gasteiger partial charge in [0.25, 0.3) is 0 Å². The lowest BCUT2D eigenvalue weighted by molar-refractivity contribution is 0.108. The predicted octanol–water partition coefficient (Wildman–Crippen LogP) is 3.71. The molecule has 0 saturated carbocycles. The van der Waals surface area contributed by atoms with Gasteiger partial charge in [-0.2, -0.15) is 0 Å². The summed E-state index contributed by atoms with van der Waals surface area (Å²) in [7, 11) is 5.14. The SMILES string of the molecule is COc1ccccc1CNCc1ccc(OCC(O)c2ccc3c(c2)n(C)c(=O)n3C)cc1.Cl. The molecule has 0 saturated heterocycles. The predicted molar refractivity (Wildman–Crippen MR) is 136 cm³/mol. The number of halogens is 1. The highest BCUT2D eigenvalue weighted by atomic mass is 35.5. The Morgan fingerprint density at radius 1 is 0.941 bits per heavy atom. The quantitative estimate of drug-likeness (QED) is 0.379. The van der Waals surface area contributed by atoms with Crippen LogP contribution in [0.1, 0.15) is 22.8 Å². The van der Waals surface area contributed by atoms with Crippen LogP contribution in [0.2, 0.25) is 0 Å². The molecule has 0 aliphatic rings. The Hall–Kier alpha value is -3.26. The first-order chi connectivity index (χ1) is 16.0. The molecule has 2 N–H and O–H groups in total. The van der Waals surface area contributed by atoms with Gasteiger partial charge in [0.2, 0.25) is 0 Å². The Morgan fingerprint density at radius 2 is 1.65 bits per heavy atom. The van der Waals surface area contributed by atoms with Crippen molar-refractivity contribution >= 4 is 23.4 Å². The van der Waals surface area contributed by atoms with E-state index >= 15 is 0 Å². The molecule has 1 unspecified atom stereocenters. The molecule has 0 aliphatic carbocycles. The van der Waals surface area contributed by atoms with Crippen LogP contribution in [0, 0.1) is 0 Å². The number of aliphatic hydroxyl groups excluding tert-OH is 1. The maximum Gasteiger partial charge on any atom is 0.328 e. The van der Waals surface area contributed by atoms with Crippen LogP contribution in [0.25, 0.3) is 11.0 Å². The number of nitrogens with zero attached hydrogens (tertiary/aromatic N) is 2. The van der Waals surface area contributed by atoms with Crippen molar-refractivity contribution in [1.82, 2.24) is 14.5 Å². The van der Waals surface area contributed by atoms with Crippen molar-refractivity contribution in [2.24, 2.45) is 14.1 Å². The molecule has 3 aromatic carbocycles. The summed E-state index contributed by atoms with van der Waals surface area (Å²) in [6.45, 7) is 1.56. The summed E-state index contributed by atoms with van der Waals surface area (Å²) in [6.07, 6.45) is -0.799. The zero-order valence-corrected chi connectivity index (χ0v) is 20.3. The summed E-state index contributed by atoms with van der Waals surface area (Å²) in [5.41, 5.74) is 4.47. The van der Waals surface area contributed by atoms with Crippen LogP contribution in [0.5, 0.6) is 11.5 Å². The van der Waals surface area contributed by atoms with E-state index in [0.29, 0.717) is 17.9 Å². The number of methoxy groups -OCH3 is 1. The molecule has 0 aliphatic heterocycles. The number of fused-ring (bicyclic) bond motifs is 1. The number of aromatic nitrogens is 2. The van der Waals surface area contributed by atoms with Crippen LogP contribution in [0.4, 0.5) is 0 Å². The lowest BCUT2D eigenvalue weighted by atomic mass is 10.1. The van der Waals surface area contributed by atoms with E-state index in [0.717, 1.165) is 34.5 Å². The summed E-state index contributed by atoms with van der Waals surface area (Å²) in [5.74, 6) is 1.57. The number of para-hydroxylation sites is 1. The van der Waals surface area contributed by atoms with E-state index in [-0.39, 0.29) is 24.7 Å². The molecule has 7 nitrogen and oxygen atoms in total. The Balaban J connectivity index is 0.00000324. The Labute approximate surface area is 205 Å². The molecule has 0 radical (unpaired) electrons. The van der Waals surface area contributed by atoms with Crippen molar-refractivity contribution in [2.45, 2.75) is 19.2 Å². The molecule has 34 heavy (non-hydrogen) atoms. The Bertz CT molecular complexity index is 1300. The number of nitrogens with one attached hydrogen (secondary N) is 1. The summed E-state index contributed by atoms with van der Waals surface area (Å²) in [5, 5.41) is 14.0. The Kier molecular flexibility index (Phi) is 8.39. The van der Waals surface area contributed by atoms with E-state index < -0.39 is 6.10 Å². The molecule has 8 heteroatoms. The number of imidazole rings is 1. The second-order valence-electron chi connectivity index (χ2n) is 8.03. The third-order valence-electron chi connectivity index (χ3n) is 5.85. The number of ether oxygens (including phenoxy) is 2. The molecule has 1 heterocycles. The second-order valence-corrected chi connectivity index (χ2v) is 8.03. The molecule has 0 spiro atoms. The van der Waals surface area contributed by atoms with E-state index in [1.807, 2.05) is 66.7 Å². The maximum absolute atomic E-state index is 12.1. The topological polar surface area (TPSA) is 77.7 Å². The van der Waals surface area contributed by atoms with Gasteiger partial charge < -0.3 is 19.9 Å². The van der Waals surface area contributed by atoms with Gasteiger partial charge in [0.05, 0.1) is 18.1 Å². The first kappa shape index (κ1) is 25.4. The fraction of sp³-hybridized carbons (Fsp3) is 0.269. The van der Waals surface area contributed by atoms with Gasteiger partial charge in [-0.05, 0) is 41.5 Å². The van der Waals surface area contributed by atoms with E-state index in [2.05, 4.69) is 5.32 Å². The van der Waals surface area contributed by atoms with Crippen LogP contribution in [-0.2, 0) is 27.2 Å². The first-order valence-corrected chi connectivity index (χ1v) is 10.9. The van der Waals surface area contributed by atoms with Gasteiger partial charge in [0, 0.05) is 32.7 Å². The average molecular weight is 484 g/mol. The highest BCUT2D eigenvalue weighted by molar-refractivity contribution is 5.85. The van der Waals surface area contributed by atoms with Gasteiger partial charge in [0.15, 0.2) is 0 Å². The smallest absolute Gasteiger partial charge is 0.328 e. The van der Waals surface area contributed by atoms with Crippen molar-refractivity contribution in [3.8, 4) is 11.5 Å². The number of aryl methyl sites for hydroxylation is 2. The van der Waals surface area contributed by atoms with Gasteiger partial charge in [-0.3, -0.25) is 9.13 Å². The Morgan fingerprint density at radius 3 is 2.38 bits per heavy atom. The molecule has 0 amide bonds.